The number of esters is 1. The lowest BCUT2D eigenvalue weighted by molar-refractivity contribution is -0.342. The van der Waals surface area contributed by atoms with E-state index < -0.39 is 92.1 Å². The minimum absolute atomic E-state index is 0.0278. The van der Waals surface area contributed by atoms with Gasteiger partial charge in [0.15, 0.2) is 49.9 Å². The Balaban J connectivity index is 3.04. The van der Waals surface area contributed by atoms with E-state index in [1.165, 1.54) is 0 Å². The molecule has 0 aromatic heterocycles. The zero-order valence-corrected chi connectivity index (χ0v) is 74.8. The molecule has 1 heterocycles. The van der Waals surface area contributed by atoms with Crippen molar-refractivity contribution in [2.45, 2.75) is 393 Å². The summed E-state index contributed by atoms with van der Waals surface area (Å²) in [6.45, 7) is 81.7. The van der Waals surface area contributed by atoms with Gasteiger partial charge >= 0.3 is 5.97 Å². The summed E-state index contributed by atoms with van der Waals surface area (Å²) in [4.78, 5) is 14.8. The third-order valence-electron chi connectivity index (χ3n) is 23.6. The van der Waals surface area contributed by atoms with E-state index >= 15 is 0 Å². The average molecular weight is 1450 g/mol. The monoisotopic (exact) mass is 1450 g/mol. The molecule has 18 heteroatoms. The fourth-order valence-electron chi connectivity index (χ4n) is 10.7. The molecule has 0 bridgehead atoms. The van der Waals surface area contributed by atoms with E-state index in [9.17, 15) is 4.79 Å². The van der Waals surface area contributed by atoms with Crippen LogP contribution in [-0.4, -0.2) is 131 Å². The summed E-state index contributed by atoms with van der Waals surface area (Å²) in [5.41, 5.74) is 2.17. The van der Waals surface area contributed by atoms with E-state index in [0.717, 1.165) is 36.1 Å². The van der Waals surface area contributed by atoms with Gasteiger partial charge in [0.05, 0.1) is 44.1 Å². The second kappa shape index (κ2) is 35.3. The van der Waals surface area contributed by atoms with Gasteiger partial charge in [-0.1, -0.05) is 181 Å². The van der Waals surface area contributed by atoms with Crippen LogP contribution >= 0.6 is 0 Å². The van der Waals surface area contributed by atoms with Gasteiger partial charge in [-0.05, 0) is 192 Å². The van der Waals surface area contributed by atoms with E-state index in [0.29, 0.717) is 51.6 Å². The Hall–Kier alpha value is -1.53. The Kier molecular flexibility index (Phi) is 33.3. The molecule has 0 spiro atoms. The summed E-state index contributed by atoms with van der Waals surface area (Å²) in [6, 6.07) is 8.06. The van der Waals surface area contributed by atoms with Crippen molar-refractivity contribution in [3.8, 4) is 18.1 Å². The Morgan fingerprint density at radius 1 is 0.646 bits per heavy atom. The van der Waals surface area contributed by atoms with Gasteiger partial charge in [-0.3, -0.25) is 4.79 Å². The van der Waals surface area contributed by atoms with Crippen LogP contribution in [0, 0.1) is 24.2 Å². The van der Waals surface area contributed by atoms with Crippen LogP contribution in [0.3, 0.4) is 0 Å². The first-order valence-corrected chi connectivity index (χ1v) is 54.2. The minimum atomic E-state index is -2.60. The lowest BCUT2D eigenvalue weighted by Gasteiger charge is -2.54. The largest absolute Gasteiger partial charge is 0.497 e. The second-order valence-corrected chi connectivity index (χ2v) is 66.3. The normalized spacial score (nSPS) is 21.1. The highest BCUT2D eigenvalue weighted by atomic mass is 28.4. The second-order valence-electron chi connectivity index (χ2n) is 37.7. The maximum absolute atomic E-state index is 14.8. The quantitative estimate of drug-likeness (QED) is 0.0273. The summed E-state index contributed by atoms with van der Waals surface area (Å²) in [5, 5.41) is -0.517. The number of hydrogen-bond donors (Lipinski definition) is 0. The number of hydrogen-bond acceptors (Lipinski definition) is 12. The summed E-state index contributed by atoms with van der Waals surface area (Å²) in [7, 11) is -11.0. The highest BCUT2D eigenvalue weighted by Gasteiger charge is 2.58. The molecule has 0 radical (unpaired) electrons. The van der Waals surface area contributed by atoms with E-state index in [2.05, 4.69) is 255 Å². The molecular weight excluding hydrogens is 1300 g/mol. The molecule has 12 nitrogen and oxygen atoms in total. The van der Waals surface area contributed by atoms with Crippen LogP contribution < -0.4 is 4.74 Å². The van der Waals surface area contributed by atoms with Crippen molar-refractivity contribution in [1.82, 2.24) is 0 Å². The SMILES string of the molecule is C#C[C@H](C[C@@H](OCc1ccc(OC)cc1)[C@@H](C)/C=C(\C)C[C@@H](O[Si](C)(C)C(C)(C)C)C1(OC)O[C@@H](C[C@H](CC[C@@H](O[Si](C)(C)C(C)(C)C)[C@@H](CCCC)OC(=O)[C@H](C)[C@H](C=C)O[Si](C)(C)C(C)(C)C)O[Si](C)(C)C(C)(C)C)CC[C@H]1O[Si](C)(C)C(C)(C)C)O[Si](C)(C)C(C)(C)C. The zero-order chi connectivity index (χ0) is 74.7. The van der Waals surface area contributed by atoms with Gasteiger partial charge in [0, 0.05) is 25.6 Å². The van der Waals surface area contributed by atoms with Crippen LogP contribution in [0.4, 0.5) is 0 Å². The van der Waals surface area contributed by atoms with E-state index in [1.54, 1.807) is 20.3 Å². The van der Waals surface area contributed by atoms with Crippen LogP contribution in [0.15, 0.2) is 48.6 Å². The highest BCUT2D eigenvalue weighted by Crippen LogP contribution is 2.50. The third-order valence-corrected chi connectivity index (χ3v) is 50.6. The first-order valence-electron chi connectivity index (χ1n) is 36.8. The van der Waals surface area contributed by atoms with Gasteiger partial charge in [-0.15, -0.1) is 13.0 Å². The smallest absolute Gasteiger partial charge is 0.311 e. The van der Waals surface area contributed by atoms with E-state index in [1.807, 2.05) is 19.1 Å². The standard InChI is InChI=1S/C78H150O12Si6/c1-39-42-43-66(83-71(79)59(6)65(41-3)87-93(31,32)74(13,14)15)67(88-94(33,34)75(16,17)18)50-48-64(86-92(29,30)73(10,11)12)54-63-49-51-69(89-95(35,36)76(19,20)21)78(81-26,84-63)70(90-96(37,38)77(22,23)24)53-57(4)52-58(5)68(82-56-60-44-46-62(80-25)47-45-60)55-61(40-2)85-91(27,28)72(7,8)9/h2,41,44-47,52,58-59,61,63-70H,3,39,42-43,48-51,53-56H2,1,4-38H3/b57-52+/t58-,59+,61+,63+,64-,65-,66+,67+,68+,69+,70+,78?/m0/s1. The topological polar surface area (TPSA) is 119 Å². The van der Waals surface area contributed by atoms with Crippen molar-refractivity contribution in [2.75, 3.05) is 14.2 Å². The molecule has 1 fully saturated rings. The number of benzene rings is 1. The molecule has 1 saturated heterocycles. The number of carbonyl (C=O) groups is 1. The Bertz CT molecular complexity index is 2600. The fourth-order valence-corrected chi connectivity index (χ4v) is 18.7. The Morgan fingerprint density at radius 3 is 1.58 bits per heavy atom. The summed E-state index contributed by atoms with van der Waals surface area (Å²) < 4.78 is 79.1. The van der Waals surface area contributed by atoms with Crippen molar-refractivity contribution < 1.29 is 55.0 Å². The molecule has 0 amide bonds. The van der Waals surface area contributed by atoms with Gasteiger partial charge in [0.2, 0.25) is 5.79 Å². The zero-order valence-electron chi connectivity index (χ0n) is 68.8. The predicted octanol–water partition coefficient (Wildman–Crippen LogP) is 22.5. The van der Waals surface area contributed by atoms with Gasteiger partial charge in [-0.25, -0.2) is 0 Å². The van der Waals surface area contributed by atoms with Crippen LogP contribution in [-0.2, 0) is 56.9 Å². The van der Waals surface area contributed by atoms with Gasteiger partial charge in [0.25, 0.3) is 0 Å². The first-order chi connectivity index (χ1) is 43.2. The third kappa shape index (κ3) is 25.7. The number of terminal acetylenes is 1. The fraction of sp³-hybridized carbons (Fsp3) is 0.833. The van der Waals surface area contributed by atoms with E-state index in [4.69, 9.17) is 56.7 Å². The molecule has 1 aromatic rings. The van der Waals surface area contributed by atoms with Crippen molar-refractivity contribution in [2.24, 2.45) is 11.8 Å². The number of unbranched alkanes of at least 4 members (excludes halogenated alkanes) is 1. The van der Waals surface area contributed by atoms with Crippen molar-refractivity contribution >= 4 is 55.9 Å². The lowest BCUT2D eigenvalue weighted by atomic mass is 9.87. The number of rotatable bonds is 37. The highest BCUT2D eigenvalue weighted by molar-refractivity contribution is 6.76. The molecule has 96 heavy (non-hydrogen) atoms. The molecular formula is C78H150O12Si6. The predicted molar refractivity (Wildman–Crippen MR) is 421 cm³/mol. The molecule has 0 aliphatic carbocycles. The van der Waals surface area contributed by atoms with Crippen molar-refractivity contribution in [3.63, 3.8) is 0 Å². The molecule has 1 unspecified atom stereocenters. The van der Waals surface area contributed by atoms with Crippen LogP contribution in [0.25, 0.3) is 0 Å². The average Bonchev–Trinajstić information content (AvgIpc) is 0.749. The maximum atomic E-state index is 14.8. The van der Waals surface area contributed by atoms with Crippen LogP contribution in [0.1, 0.15) is 222 Å². The molecule has 12 atom stereocenters. The van der Waals surface area contributed by atoms with Crippen molar-refractivity contribution in [1.29, 1.82) is 0 Å². The van der Waals surface area contributed by atoms with Gasteiger partial charge in [-0.2, -0.15) is 0 Å². The molecule has 1 aromatic carbocycles. The molecule has 2 rings (SSSR count). The van der Waals surface area contributed by atoms with Gasteiger partial charge < -0.3 is 50.2 Å². The Labute approximate surface area is 598 Å². The van der Waals surface area contributed by atoms with Crippen LogP contribution in [0.2, 0.25) is 109 Å². The Morgan fingerprint density at radius 2 is 1.12 bits per heavy atom. The van der Waals surface area contributed by atoms with Gasteiger partial charge in [0.1, 0.15) is 30.2 Å². The number of ether oxygens (including phenoxy) is 5. The summed E-state index contributed by atoms with van der Waals surface area (Å²) in [6.07, 6.45) is 13.8. The molecule has 1 aliphatic rings. The lowest BCUT2D eigenvalue weighted by Crippen LogP contribution is -2.66. The van der Waals surface area contributed by atoms with Crippen molar-refractivity contribution in [3.05, 3.63) is 54.1 Å². The molecule has 558 valence electrons. The maximum Gasteiger partial charge on any atom is 0.311 e. The van der Waals surface area contributed by atoms with E-state index in [-0.39, 0.29) is 66.5 Å². The summed E-state index contributed by atoms with van der Waals surface area (Å²) in [5.74, 6) is 1.59. The number of carbonyl (C=O) groups excluding carboxylic acids is 1. The number of methoxy groups -OCH3 is 2. The molecule has 0 N–H and O–H groups in total. The summed E-state index contributed by atoms with van der Waals surface area (Å²) >= 11 is 0. The molecule has 1 aliphatic heterocycles. The molecule has 0 saturated carbocycles. The first kappa shape index (κ1) is 90.6. The minimum Gasteiger partial charge on any atom is -0.497 e. The van der Waals surface area contributed by atoms with Crippen LogP contribution in [0.5, 0.6) is 5.75 Å².